The molecule has 0 saturated heterocycles. The van der Waals surface area contributed by atoms with Crippen LogP contribution < -0.4 is 10.6 Å². The minimum absolute atomic E-state index is 0.238. The Kier molecular flexibility index (Phi) is 3.64. The van der Waals surface area contributed by atoms with E-state index in [0.29, 0.717) is 17.7 Å². The molecule has 0 aliphatic rings. The summed E-state index contributed by atoms with van der Waals surface area (Å²) in [6.07, 6.45) is 0. The summed E-state index contributed by atoms with van der Waals surface area (Å²) in [4.78, 5) is 14.5. The Hall–Kier alpha value is -2.17. The van der Waals surface area contributed by atoms with Crippen LogP contribution in [0.4, 0.5) is 11.9 Å². The molecule has 100 valence electrons. The second kappa shape index (κ2) is 5.22. The summed E-state index contributed by atoms with van der Waals surface area (Å²) in [7, 11) is 3.75. The summed E-state index contributed by atoms with van der Waals surface area (Å²) in [5, 5.41) is 0. The quantitative estimate of drug-likeness (QED) is 0.913. The molecule has 0 saturated carbocycles. The number of hydrogen-bond donors (Lipinski definition) is 1. The van der Waals surface area contributed by atoms with E-state index in [-0.39, 0.29) is 5.95 Å². The first-order chi connectivity index (χ1) is 8.97. The van der Waals surface area contributed by atoms with Crippen LogP contribution in [0.2, 0.25) is 0 Å². The van der Waals surface area contributed by atoms with Gasteiger partial charge in [0, 0.05) is 19.7 Å². The number of nitrogens with zero attached hydrogens (tertiary/aromatic N) is 4. The third-order valence-corrected chi connectivity index (χ3v) is 2.88. The van der Waals surface area contributed by atoms with Gasteiger partial charge in [-0.1, -0.05) is 38.1 Å². The monoisotopic (exact) mass is 257 g/mol. The minimum Gasteiger partial charge on any atom is -0.368 e. The molecule has 2 aromatic rings. The highest BCUT2D eigenvalue weighted by Crippen LogP contribution is 2.21. The van der Waals surface area contributed by atoms with Gasteiger partial charge in [0.2, 0.25) is 11.9 Å². The van der Waals surface area contributed by atoms with E-state index in [1.807, 2.05) is 31.1 Å². The maximum absolute atomic E-state index is 5.72. The van der Waals surface area contributed by atoms with Crippen LogP contribution in [0, 0.1) is 0 Å². The molecule has 1 heterocycles. The highest BCUT2D eigenvalue weighted by atomic mass is 15.3. The van der Waals surface area contributed by atoms with Crippen LogP contribution in [-0.4, -0.2) is 29.0 Å². The standard InChI is InChI=1S/C14H19N5/c1-9(2)10-5-7-11(8-6-10)12-16-13(15)18-14(17-12)19(3)4/h5-9H,1-4H3,(H2,15,16,17,18). The Morgan fingerprint density at radius 3 is 2.16 bits per heavy atom. The molecule has 19 heavy (non-hydrogen) atoms. The summed E-state index contributed by atoms with van der Waals surface area (Å²) < 4.78 is 0. The molecule has 2 rings (SSSR count). The van der Waals surface area contributed by atoms with E-state index in [4.69, 9.17) is 5.73 Å². The second-order valence-corrected chi connectivity index (χ2v) is 4.99. The summed E-state index contributed by atoms with van der Waals surface area (Å²) in [5.41, 5.74) is 7.96. The molecule has 0 atom stereocenters. The van der Waals surface area contributed by atoms with E-state index < -0.39 is 0 Å². The molecule has 0 radical (unpaired) electrons. The number of nitrogens with two attached hydrogens (primary N) is 1. The summed E-state index contributed by atoms with van der Waals surface area (Å²) in [6, 6.07) is 8.22. The van der Waals surface area contributed by atoms with Crippen LogP contribution in [0.15, 0.2) is 24.3 Å². The van der Waals surface area contributed by atoms with Gasteiger partial charge in [0.05, 0.1) is 0 Å². The van der Waals surface area contributed by atoms with Crippen molar-refractivity contribution in [3.63, 3.8) is 0 Å². The zero-order valence-corrected chi connectivity index (χ0v) is 11.8. The van der Waals surface area contributed by atoms with Crippen molar-refractivity contribution in [1.29, 1.82) is 0 Å². The molecular weight excluding hydrogens is 238 g/mol. The lowest BCUT2D eigenvalue weighted by Gasteiger charge is -2.12. The van der Waals surface area contributed by atoms with E-state index in [1.165, 1.54) is 5.56 Å². The Balaban J connectivity index is 2.41. The Morgan fingerprint density at radius 2 is 1.63 bits per heavy atom. The smallest absolute Gasteiger partial charge is 0.230 e. The highest BCUT2D eigenvalue weighted by Gasteiger charge is 2.08. The van der Waals surface area contributed by atoms with Crippen molar-refractivity contribution in [2.75, 3.05) is 24.7 Å². The maximum Gasteiger partial charge on any atom is 0.230 e. The molecule has 0 amide bonds. The summed E-state index contributed by atoms with van der Waals surface area (Å²) >= 11 is 0. The van der Waals surface area contributed by atoms with Gasteiger partial charge in [-0.3, -0.25) is 0 Å². The first-order valence-electron chi connectivity index (χ1n) is 6.26. The molecule has 0 fully saturated rings. The zero-order chi connectivity index (χ0) is 14.0. The third-order valence-electron chi connectivity index (χ3n) is 2.88. The van der Waals surface area contributed by atoms with E-state index in [9.17, 15) is 0 Å². The lowest BCUT2D eigenvalue weighted by molar-refractivity contribution is 0.866. The molecule has 0 aliphatic carbocycles. The van der Waals surface area contributed by atoms with Crippen LogP contribution in [-0.2, 0) is 0 Å². The van der Waals surface area contributed by atoms with Gasteiger partial charge in [-0.05, 0) is 11.5 Å². The predicted molar refractivity (Wildman–Crippen MR) is 78.1 cm³/mol. The lowest BCUT2D eigenvalue weighted by atomic mass is 10.0. The molecule has 0 bridgehead atoms. The van der Waals surface area contributed by atoms with Crippen LogP contribution >= 0.6 is 0 Å². The van der Waals surface area contributed by atoms with Gasteiger partial charge in [-0.15, -0.1) is 0 Å². The SMILES string of the molecule is CC(C)c1ccc(-c2nc(N)nc(N(C)C)n2)cc1. The van der Waals surface area contributed by atoms with Gasteiger partial charge >= 0.3 is 0 Å². The van der Waals surface area contributed by atoms with E-state index in [1.54, 1.807) is 0 Å². The van der Waals surface area contributed by atoms with Crippen molar-refractivity contribution in [3.8, 4) is 11.4 Å². The molecule has 0 spiro atoms. The van der Waals surface area contributed by atoms with E-state index in [2.05, 4.69) is 40.9 Å². The fraction of sp³-hybridized carbons (Fsp3) is 0.357. The average Bonchev–Trinajstić information content (AvgIpc) is 2.38. The number of anilines is 2. The topological polar surface area (TPSA) is 67.9 Å². The van der Waals surface area contributed by atoms with E-state index >= 15 is 0 Å². The van der Waals surface area contributed by atoms with Gasteiger partial charge in [0.1, 0.15) is 0 Å². The van der Waals surface area contributed by atoms with Gasteiger partial charge in [0.25, 0.3) is 0 Å². The molecule has 5 nitrogen and oxygen atoms in total. The fourth-order valence-electron chi connectivity index (χ4n) is 1.73. The maximum atomic E-state index is 5.72. The summed E-state index contributed by atoms with van der Waals surface area (Å²) in [5.74, 6) is 1.92. The predicted octanol–water partition coefficient (Wildman–Crippen LogP) is 2.31. The molecule has 0 unspecified atom stereocenters. The molecule has 1 aromatic heterocycles. The van der Waals surface area contributed by atoms with Gasteiger partial charge < -0.3 is 10.6 Å². The first-order valence-corrected chi connectivity index (χ1v) is 6.26. The van der Waals surface area contributed by atoms with Crippen LogP contribution in [0.25, 0.3) is 11.4 Å². The summed E-state index contributed by atoms with van der Waals surface area (Å²) in [6.45, 7) is 4.33. The molecule has 1 aromatic carbocycles. The fourth-order valence-corrected chi connectivity index (χ4v) is 1.73. The first kappa shape index (κ1) is 13.3. The normalized spacial score (nSPS) is 10.8. The zero-order valence-electron chi connectivity index (χ0n) is 11.8. The van der Waals surface area contributed by atoms with Crippen molar-refractivity contribution in [3.05, 3.63) is 29.8 Å². The van der Waals surface area contributed by atoms with Gasteiger partial charge in [0.15, 0.2) is 5.82 Å². The van der Waals surface area contributed by atoms with E-state index in [0.717, 1.165) is 5.56 Å². The van der Waals surface area contributed by atoms with Crippen molar-refractivity contribution in [2.24, 2.45) is 0 Å². The Morgan fingerprint density at radius 1 is 1.00 bits per heavy atom. The van der Waals surface area contributed by atoms with Crippen molar-refractivity contribution in [2.45, 2.75) is 19.8 Å². The number of nitrogen functional groups attached to an aromatic ring is 1. The number of rotatable bonds is 3. The molecule has 5 heteroatoms. The van der Waals surface area contributed by atoms with Crippen molar-refractivity contribution >= 4 is 11.9 Å². The van der Waals surface area contributed by atoms with Gasteiger partial charge in [-0.2, -0.15) is 15.0 Å². The van der Waals surface area contributed by atoms with Crippen LogP contribution in [0.3, 0.4) is 0 Å². The van der Waals surface area contributed by atoms with Crippen molar-refractivity contribution in [1.82, 2.24) is 15.0 Å². The minimum atomic E-state index is 0.238. The highest BCUT2D eigenvalue weighted by molar-refractivity contribution is 5.58. The number of hydrogen-bond acceptors (Lipinski definition) is 5. The number of aromatic nitrogens is 3. The average molecular weight is 257 g/mol. The Bertz CT molecular complexity index is 561. The van der Waals surface area contributed by atoms with Crippen molar-refractivity contribution < 1.29 is 0 Å². The van der Waals surface area contributed by atoms with Gasteiger partial charge in [-0.25, -0.2) is 0 Å². The largest absolute Gasteiger partial charge is 0.368 e. The third kappa shape index (κ3) is 2.99. The van der Waals surface area contributed by atoms with Crippen LogP contribution in [0.1, 0.15) is 25.3 Å². The molecule has 2 N–H and O–H groups in total. The second-order valence-electron chi connectivity index (χ2n) is 4.99. The Labute approximate surface area is 113 Å². The lowest BCUT2D eigenvalue weighted by Crippen LogP contribution is -2.15. The molecular formula is C14H19N5. The molecule has 0 aliphatic heterocycles. The number of benzene rings is 1. The van der Waals surface area contributed by atoms with Crippen LogP contribution in [0.5, 0.6) is 0 Å².